The van der Waals surface area contributed by atoms with E-state index < -0.39 is 0 Å². The van der Waals surface area contributed by atoms with E-state index in [-0.39, 0.29) is 0 Å². The molecular formula is C14H17N5S. The molecule has 1 atom stereocenters. The molecule has 0 fully saturated rings. The normalized spacial score (nSPS) is 18.2. The molecular weight excluding hydrogens is 270 g/mol. The van der Waals surface area contributed by atoms with Crippen molar-refractivity contribution >= 4 is 28.2 Å². The second-order valence-corrected chi connectivity index (χ2v) is 6.35. The maximum Gasteiger partial charge on any atom is 0.182 e. The Hall–Kier alpha value is -1.82. The first-order valence-electron chi connectivity index (χ1n) is 6.86. The van der Waals surface area contributed by atoms with E-state index in [0.717, 1.165) is 35.5 Å². The van der Waals surface area contributed by atoms with Gasteiger partial charge in [-0.3, -0.25) is 0 Å². The minimum atomic E-state index is 0.345. The minimum Gasteiger partial charge on any atom is -0.370 e. The van der Waals surface area contributed by atoms with Crippen molar-refractivity contribution in [1.82, 2.24) is 19.6 Å². The first-order valence-corrected chi connectivity index (χ1v) is 7.74. The predicted molar refractivity (Wildman–Crippen MR) is 81.5 cm³/mol. The molecule has 0 radical (unpaired) electrons. The summed E-state index contributed by atoms with van der Waals surface area (Å²) < 4.78 is 4.03. The first kappa shape index (κ1) is 12.0. The van der Waals surface area contributed by atoms with Gasteiger partial charge < -0.3 is 5.32 Å². The number of fused-ring (bicyclic) bond motifs is 3. The van der Waals surface area contributed by atoms with Crippen LogP contribution in [0.5, 0.6) is 0 Å². The summed E-state index contributed by atoms with van der Waals surface area (Å²) in [4.78, 5) is 1.42. The molecule has 1 N–H and O–H groups in total. The van der Waals surface area contributed by atoms with Crippen LogP contribution >= 0.6 is 11.3 Å². The van der Waals surface area contributed by atoms with Crippen molar-refractivity contribution in [2.75, 3.05) is 11.9 Å². The quantitative estimate of drug-likeness (QED) is 0.748. The van der Waals surface area contributed by atoms with Crippen molar-refractivity contribution < 1.29 is 0 Å². The van der Waals surface area contributed by atoms with E-state index in [9.17, 15) is 0 Å². The Morgan fingerprint density at radius 1 is 1.35 bits per heavy atom. The summed E-state index contributed by atoms with van der Waals surface area (Å²) in [6, 6.07) is 2.54. The van der Waals surface area contributed by atoms with Crippen LogP contribution in [-0.2, 0) is 7.05 Å². The third kappa shape index (κ3) is 1.48. The molecule has 4 heterocycles. The molecule has 1 unspecified atom stereocenters. The van der Waals surface area contributed by atoms with Crippen LogP contribution in [0.1, 0.15) is 28.6 Å². The molecule has 3 aromatic heterocycles. The Bertz CT molecular complexity index is 794. The number of nitrogens with zero attached hydrogens (tertiary/aromatic N) is 4. The van der Waals surface area contributed by atoms with Gasteiger partial charge in [-0.05, 0) is 37.3 Å². The molecule has 20 heavy (non-hydrogen) atoms. The third-order valence-corrected chi connectivity index (χ3v) is 5.19. The molecule has 104 valence electrons. The topological polar surface area (TPSA) is 47.7 Å². The lowest BCUT2D eigenvalue weighted by Gasteiger charge is -2.25. The minimum absolute atomic E-state index is 0.345. The van der Waals surface area contributed by atoms with E-state index in [0.29, 0.717) is 6.04 Å². The molecule has 6 heteroatoms. The molecule has 0 bridgehead atoms. The summed E-state index contributed by atoms with van der Waals surface area (Å²) >= 11 is 1.83. The van der Waals surface area contributed by atoms with Crippen LogP contribution in [0.15, 0.2) is 11.4 Å². The SMILES string of the molecule is Cc1ccsc1C1CCNc2c3c(C)nn(C)c3nn21. The van der Waals surface area contributed by atoms with Gasteiger partial charge in [-0.15, -0.1) is 11.3 Å². The maximum atomic E-state index is 4.81. The van der Waals surface area contributed by atoms with Crippen molar-refractivity contribution in [3.05, 3.63) is 27.6 Å². The number of rotatable bonds is 1. The van der Waals surface area contributed by atoms with E-state index in [1.165, 1.54) is 10.4 Å². The Kier molecular flexibility index (Phi) is 2.44. The number of thiophene rings is 1. The van der Waals surface area contributed by atoms with Gasteiger partial charge in [-0.1, -0.05) is 0 Å². The number of anilines is 1. The molecule has 4 rings (SSSR count). The number of aryl methyl sites for hydroxylation is 3. The van der Waals surface area contributed by atoms with Gasteiger partial charge in [0.2, 0.25) is 0 Å². The lowest BCUT2D eigenvalue weighted by Crippen LogP contribution is -2.24. The Balaban J connectivity index is 1.96. The molecule has 5 nitrogen and oxygen atoms in total. The molecule has 1 aliphatic heterocycles. The second kappa shape index (κ2) is 4.09. The molecule has 0 amide bonds. The summed E-state index contributed by atoms with van der Waals surface area (Å²) in [6.45, 7) is 5.22. The molecule has 1 aliphatic rings. The van der Waals surface area contributed by atoms with Crippen molar-refractivity contribution in [2.24, 2.45) is 7.05 Å². The zero-order valence-corrected chi connectivity index (χ0v) is 12.7. The maximum absolute atomic E-state index is 4.81. The Morgan fingerprint density at radius 3 is 2.95 bits per heavy atom. The summed E-state index contributed by atoms with van der Waals surface area (Å²) in [5.41, 5.74) is 3.37. The molecule has 3 aromatic rings. The van der Waals surface area contributed by atoms with Gasteiger partial charge in [0.05, 0.1) is 17.1 Å². The monoisotopic (exact) mass is 287 g/mol. The molecule has 0 saturated heterocycles. The third-order valence-electron chi connectivity index (χ3n) is 4.07. The van der Waals surface area contributed by atoms with Crippen LogP contribution in [-0.4, -0.2) is 26.1 Å². The van der Waals surface area contributed by atoms with Crippen molar-refractivity contribution in [2.45, 2.75) is 26.3 Å². The van der Waals surface area contributed by atoms with Crippen LogP contribution in [0.4, 0.5) is 5.82 Å². The number of nitrogens with one attached hydrogen (secondary N) is 1. The van der Waals surface area contributed by atoms with Gasteiger partial charge in [-0.25, -0.2) is 9.36 Å². The second-order valence-electron chi connectivity index (χ2n) is 5.40. The molecule has 0 aromatic carbocycles. The van der Waals surface area contributed by atoms with Gasteiger partial charge in [-0.2, -0.15) is 10.2 Å². The first-order chi connectivity index (χ1) is 9.66. The fraction of sp³-hybridized carbons (Fsp3) is 0.429. The Labute approximate surface area is 121 Å². The predicted octanol–water partition coefficient (Wildman–Crippen LogP) is 2.85. The number of aromatic nitrogens is 4. The highest BCUT2D eigenvalue weighted by molar-refractivity contribution is 7.10. The van der Waals surface area contributed by atoms with Crippen molar-refractivity contribution in [3.8, 4) is 0 Å². The molecule has 0 saturated carbocycles. The fourth-order valence-electron chi connectivity index (χ4n) is 3.12. The number of hydrogen-bond donors (Lipinski definition) is 1. The van der Waals surface area contributed by atoms with Crippen LogP contribution in [0.3, 0.4) is 0 Å². The van der Waals surface area contributed by atoms with Crippen LogP contribution in [0, 0.1) is 13.8 Å². The van der Waals surface area contributed by atoms with Crippen LogP contribution in [0.25, 0.3) is 11.0 Å². The highest BCUT2D eigenvalue weighted by atomic mass is 32.1. The Morgan fingerprint density at radius 2 is 2.20 bits per heavy atom. The number of hydrogen-bond acceptors (Lipinski definition) is 4. The molecule has 0 aliphatic carbocycles. The average Bonchev–Trinajstić information content (AvgIpc) is 3.07. The lowest BCUT2D eigenvalue weighted by atomic mass is 10.1. The van der Waals surface area contributed by atoms with Crippen LogP contribution < -0.4 is 5.32 Å². The van der Waals surface area contributed by atoms with Crippen LogP contribution in [0.2, 0.25) is 0 Å². The van der Waals surface area contributed by atoms with Gasteiger partial charge in [0.1, 0.15) is 5.82 Å². The van der Waals surface area contributed by atoms with E-state index in [2.05, 4.69) is 33.5 Å². The summed E-state index contributed by atoms with van der Waals surface area (Å²) in [5, 5.41) is 16.1. The standard InChI is InChI=1S/C14H17N5S/c1-8-5-7-20-12(8)10-4-6-15-13-11-9(2)16-18(3)14(11)17-19(10)13/h5,7,10,15H,4,6H2,1-3H3. The average molecular weight is 287 g/mol. The van der Waals surface area contributed by atoms with Crippen molar-refractivity contribution in [1.29, 1.82) is 0 Å². The smallest absolute Gasteiger partial charge is 0.182 e. The highest BCUT2D eigenvalue weighted by Crippen LogP contribution is 2.38. The summed E-state index contributed by atoms with van der Waals surface area (Å²) in [5.74, 6) is 1.12. The fourth-order valence-corrected chi connectivity index (χ4v) is 4.16. The van der Waals surface area contributed by atoms with Gasteiger partial charge in [0.15, 0.2) is 5.65 Å². The largest absolute Gasteiger partial charge is 0.370 e. The van der Waals surface area contributed by atoms with Gasteiger partial charge >= 0.3 is 0 Å². The van der Waals surface area contributed by atoms with E-state index in [1.807, 2.05) is 30.0 Å². The van der Waals surface area contributed by atoms with Gasteiger partial charge in [0, 0.05) is 18.5 Å². The summed E-state index contributed by atoms with van der Waals surface area (Å²) in [6.07, 6.45) is 1.08. The lowest BCUT2D eigenvalue weighted by molar-refractivity contribution is 0.487. The van der Waals surface area contributed by atoms with E-state index in [1.54, 1.807) is 0 Å². The zero-order chi connectivity index (χ0) is 13.9. The van der Waals surface area contributed by atoms with E-state index >= 15 is 0 Å². The highest BCUT2D eigenvalue weighted by Gasteiger charge is 2.28. The van der Waals surface area contributed by atoms with Crippen molar-refractivity contribution in [3.63, 3.8) is 0 Å². The van der Waals surface area contributed by atoms with E-state index in [4.69, 9.17) is 5.10 Å². The summed E-state index contributed by atoms with van der Waals surface area (Å²) in [7, 11) is 1.96. The molecule has 0 spiro atoms. The zero-order valence-electron chi connectivity index (χ0n) is 11.8. The van der Waals surface area contributed by atoms with Gasteiger partial charge in [0.25, 0.3) is 0 Å².